The smallest absolute Gasteiger partial charge is 0.451 e. The normalized spacial score (nSPS) is 22.5. The number of fused-ring (bicyclic) bond motifs is 1. The Balaban J connectivity index is 1.92. The maximum atomic E-state index is 13.3. The third-order valence-electron chi connectivity index (χ3n) is 4.21. The number of halogens is 3. The number of hydrogen-bond acceptors (Lipinski definition) is 8. The molecule has 1 atom stereocenters. The molecule has 2 aliphatic rings. The SMILES string of the molecule is COC1=CC(OC)(n2cnc3c(NC4CC4)nc(C(F)(F)F)nc32)N=CN1. The summed E-state index contributed by atoms with van der Waals surface area (Å²) in [6.07, 6.45) is 1.12. The highest BCUT2D eigenvalue weighted by atomic mass is 19.4. The number of methoxy groups -OCH3 is 2. The van der Waals surface area contributed by atoms with Crippen LogP contribution in [0.5, 0.6) is 0 Å². The first-order chi connectivity index (χ1) is 12.9. The van der Waals surface area contributed by atoms with Crippen LogP contribution in [0.15, 0.2) is 23.3 Å². The van der Waals surface area contributed by atoms with Gasteiger partial charge in [0.05, 0.1) is 19.5 Å². The average molecular weight is 383 g/mol. The second kappa shape index (κ2) is 6.08. The molecule has 1 unspecified atom stereocenters. The summed E-state index contributed by atoms with van der Waals surface area (Å²) < 4.78 is 51.9. The van der Waals surface area contributed by atoms with E-state index in [1.807, 2.05) is 0 Å². The summed E-state index contributed by atoms with van der Waals surface area (Å²) in [5.74, 6) is -2.41. The number of imidazole rings is 1. The summed E-state index contributed by atoms with van der Waals surface area (Å²) in [6, 6.07) is 0.0858. The number of aromatic nitrogens is 4. The van der Waals surface area contributed by atoms with Gasteiger partial charge in [0.25, 0.3) is 5.85 Å². The van der Waals surface area contributed by atoms with Crippen molar-refractivity contribution in [2.75, 3.05) is 19.5 Å². The van der Waals surface area contributed by atoms with Crippen molar-refractivity contribution in [1.82, 2.24) is 24.8 Å². The van der Waals surface area contributed by atoms with E-state index < -0.39 is 17.8 Å². The first kappa shape index (κ1) is 17.5. The van der Waals surface area contributed by atoms with Crippen LogP contribution in [0.3, 0.4) is 0 Å². The molecule has 2 N–H and O–H groups in total. The van der Waals surface area contributed by atoms with E-state index in [-0.39, 0.29) is 23.0 Å². The Hall–Kier alpha value is -2.89. The van der Waals surface area contributed by atoms with Crippen molar-refractivity contribution in [3.8, 4) is 0 Å². The van der Waals surface area contributed by atoms with Gasteiger partial charge in [-0.2, -0.15) is 13.2 Å². The first-order valence-corrected chi connectivity index (χ1v) is 8.08. The van der Waals surface area contributed by atoms with Crippen molar-refractivity contribution in [2.45, 2.75) is 30.9 Å². The van der Waals surface area contributed by atoms with Gasteiger partial charge in [0.15, 0.2) is 22.9 Å². The lowest BCUT2D eigenvalue weighted by molar-refractivity contribution is -0.144. The van der Waals surface area contributed by atoms with E-state index in [4.69, 9.17) is 9.47 Å². The molecular weight excluding hydrogens is 367 g/mol. The fourth-order valence-electron chi connectivity index (χ4n) is 2.68. The van der Waals surface area contributed by atoms with Gasteiger partial charge in [0.1, 0.15) is 6.33 Å². The third-order valence-corrected chi connectivity index (χ3v) is 4.21. The summed E-state index contributed by atoms with van der Waals surface area (Å²) in [4.78, 5) is 15.7. The van der Waals surface area contributed by atoms with Gasteiger partial charge in [0, 0.05) is 13.2 Å². The fraction of sp³-hybridized carbons (Fsp3) is 0.467. The minimum atomic E-state index is -4.71. The molecule has 0 saturated heterocycles. The zero-order valence-corrected chi connectivity index (χ0v) is 14.4. The highest BCUT2D eigenvalue weighted by Gasteiger charge is 2.39. The molecule has 1 aliphatic heterocycles. The molecule has 9 nitrogen and oxygen atoms in total. The molecule has 1 fully saturated rings. The Morgan fingerprint density at radius 3 is 2.70 bits per heavy atom. The predicted octanol–water partition coefficient (Wildman–Crippen LogP) is 1.80. The molecule has 0 radical (unpaired) electrons. The minimum absolute atomic E-state index is 0.0358. The molecule has 0 bridgehead atoms. The molecule has 0 spiro atoms. The van der Waals surface area contributed by atoms with Gasteiger partial charge >= 0.3 is 6.18 Å². The lowest BCUT2D eigenvalue weighted by atomic mass is 10.3. The van der Waals surface area contributed by atoms with Gasteiger partial charge in [-0.15, -0.1) is 0 Å². The van der Waals surface area contributed by atoms with Crippen molar-refractivity contribution in [3.63, 3.8) is 0 Å². The standard InChI is InChI=1S/C15H16F3N7O2/c1-26-9-5-14(27-2,21-6-19-9)25-7-20-10-11(22-8-3-4-8)23-13(15(16,17)18)24-12(10)25/h5-8H,3-4H2,1-2H3,(H,19,21)(H,22,23,24). The van der Waals surface area contributed by atoms with Gasteiger partial charge < -0.3 is 20.1 Å². The van der Waals surface area contributed by atoms with Crippen LogP contribution >= 0.6 is 0 Å². The number of hydrogen-bond donors (Lipinski definition) is 2. The summed E-state index contributed by atoms with van der Waals surface area (Å²) in [6.45, 7) is 0. The van der Waals surface area contributed by atoms with E-state index in [1.165, 1.54) is 37.5 Å². The molecule has 1 saturated carbocycles. The van der Waals surface area contributed by atoms with Crippen LogP contribution in [0.2, 0.25) is 0 Å². The van der Waals surface area contributed by atoms with Crippen LogP contribution in [-0.2, 0) is 21.5 Å². The quantitative estimate of drug-likeness (QED) is 0.812. The Morgan fingerprint density at radius 2 is 2.07 bits per heavy atom. The number of aliphatic imine (C=N–C) groups is 1. The first-order valence-electron chi connectivity index (χ1n) is 8.08. The topological polar surface area (TPSA) is 98.5 Å². The Labute approximate surface area is 151 Å². The zero-order valence-electron chi connectivity index (χ0n) is 14.4. The molecule has 4 rings (SSSR count). The lowest BCUT2D eigenvalue weighted by Crippen LogP contribution is -2.37. The van der Waals surface area contributed by atoms with Crippen molar-refractivity contribution in [2.24, 2.45) is 4.99 Å². The lowest BCUT2D eigenvalue weighted by Gasteiger charge is -2.29. The van der Waals surface area contributed by atoms with E-state index in [9.17, 15) is 13.2 Å². The molecule has 3 heterocycles. The van der Waals surface area contributed by atoms with Crippen molar-refractivity contribution in [3.05, 3.63) is 24.1 Å². The Morgan fingerprint density at radius 1 is 1.30 bits per heavy atom. The molecule has 0 amide bonds. The molecule has 12 heteroatoms. The average Bonchev–Trinajstić information content (AvgIpc) is 3.35. The highest BCUT2D eigenvalue weighted by Crippen LogP contribution is 2.35. The number of rotatable bonds is 5. The maximum absolute atomic E-state index is 13.3. The van der Waals surface area contributed by atoms with Gasteiger partial charge in [-0.25, -0.2) is 19.9 Å². The maximum Gasteiger partial charge on any atom is 0.451 e. The molecular formula is C15H16F3N7O2. The van der Waals surface area contributed by atoms with Gasteiger partial charge in [-0.1, -0.05) is 0 Å². The van der Waals surface area contributed by atoms with Crippen LogP contribution in [0.4, 0.5) is 19.0 Å². The van der Waals surface area contributed by atoms with Crippen LogP contribution in [0.1, 0.15) is 18.7 Å². The van der Waals surface area contributed by atoms with Gasteiger partial charge in [0.2, 0.25) is 5.82 Å². The molecule has 27 heavy (non-hydrogen) atoms. The number of nitrogens with one attached hydrogen (secondary N) is 2. The van der Waals surface area contributed by atoms with Crippen molar-refractivity contribution in [1.29, 1.82) is 0 Å². The van der Waals surface area contributed by atoms with Crippen LogP contribution in [0.25, 0.3) is 11.2 Å². The fourth-order valence-corrected chi connectivity index (χ4v) is 2.68. The van der Waals surface area contributed by atoms with E-state index in [0.717, 1.165) is 12.8 Å². The predicted molar refractivity (Wildman–Crippen MR) is 88.7 cm³/mol. The van der Waals surface area contributed by atoms with Gasteiger partial charge in [-0.3, -0.25) is 4.57 Å². The Kier molecular flexibility index (Phi) is 3.94. The van der Waals surface area contributed by atoms with E-state index in [0.29, 0.717) is 5.88 Å². The summed E-state index contributed by atoms with van der Waals surface area (Å²) >= 11 is 0. The van der Waals surface area contributed by atoms with E-state index in [1.54, 1.807) is 0 Å². The van der Waals surface area contributed by atoms with Crippen molar-refractivity contribution >= 4 is 23.3 Å². The largest absolute Gasteiger partial charge is 0.482 e. The number of nitrogens with zero attached hydrogens (tertiary/aromatic N) is 5. The molecule has 144 valence electrons. The Bertz CT molecular complexity index is 935. The number of alkyl halides is 3. The molecule has 1 aliphatic carbocycles. The number of ether oxygens (including phenoxy) is 2. The summed E-state index contributed by atoms with van der Waals surface area (Å²) in [7, 11) is 2.81. The minimum Gasteiger partial charge on any atom is -0.482 e. The third kappa shape index (κ3) is 3.05. The molecule has 0 aromatic carbocycles. The zero-order chi connectivity index (χ0) is 19.2. The van der Waals surface area contributed by atoms with Crippen LogP contribution < -0.4 is 10.6 Å². The summed E-state index contributed by atoms with van der Waals surface area (Å²) in [5, 5.41) is 5.74. The monoisotopic (exact) mass is 383 g/mol. The van der Waals surface area contributed by atoms with Crippen LogP contribution in [0, 0.1) is 0 Å². The second-order valence-corrected chi connectivity index (χ2v) is 6.08. The molecule has 2 aromatic rings. The highest BCUT2D eigenvalue weighted by molar-refractivity contribution is 5.83. The van der Waals surface area contributed by atoms with Gasteiger partial charge in [-0.05, 0) is 12.8 Å². The number of anilines is 1. The van der Waals surface area contributed by atoms with Crippen molar-refractivity contribution < 1.29 is 22.6 Å². The second-order valence-electron chi connectivity index (χ2n) is 6.08. The summed E-state index contributed by atoms with van der Waals surface area (Å²) in [5.41, 5.74) is 0.139. The molecule has 2 aromatic heterocycles. The van der Waals surface area contributed by atoms with Crippen LogP contribution in [-0.4, -0.2) is 46.1 Å². The van der Waals surface area contributed by atoms with E-state index >= 15 is 0 Å². The van der Waals surface area contributed by atoms with E-state index in [2.05, 4.69) is 30.6 Å².